The normalized spacial score (nSPS) is 10.4. The SMILES string of the molecule is COc1ccc(CNc2cc(C)nc(NCc3ccccc3F)n2)cc1OC. The predicted octanol–water partition coefficient (Wildman–Crippen LogP) is 4.17. The Balaban J connectivity index is 1.67. The summed E-state index contributed by atoms with van der Waals surface area (Å²) in [6, 6.07) is 14.2. The van der Waals surface area contributed by atoms with Crippen LogP contribution in [0, 0.1) is 12.7 Å². The van der Waals surface area contributed by atoms with E-state index in [9.17, 15) is 4.39 Å². The Labute approximate surface area is 163 Å². The zero-order valence-electron chi connectivity index (χ0n) is 16.1. The summed E-state index contributed by atoms with van der Waals surface area (Å²) in [4.78, 5) is 8.82. The number of hydrogen-bond donors (Lipinski definition) is 2. The Morgan fingerprint density at radius 1 is 0.893 bits per heavy atom. The molecule has 0 spiro atoms. The van der Waals surface area contributed by atoms with Gasteiger partial charge in [-0.15, -0.1) is 0 Å². The van der Waals surface area contributed by atoms with Gasteiger partial charge in [-0.1, -0.05) is 24.3 Å². The predicted molar refractivity (Wildman–Crippen MR) is 107 cm³/mol. The van der Waals surface area contributed by atoms with Crippen molar-refractivity contribution in [2.75, 3.05) is 24.9 Å². The van der Waals surface area contributed by atoms with E-state index in [0.29, 0.717) is 41.9 Å². The number of aromatic nitrogens is 2. The van der Waals surface area contributed by atoms with Gasteiger partial charge in [0.1, 0.15) is 11.6 Å². The molecule has 7 heteroatoms. The van der Waals surface area contributed by atoms with E-state index in [1.54, 1.807) is 32.4 Å². The molecular weight excluding hydrogens is 359 g/mol. The summed E-state index contributed by atoms with van der Waals surface area (Å²) in [6.45, 7) is 2.76. The zero-order chi connectivity index (χ0) is 19.9. The van der Waals surface area contributed by atoms with E-state index in [1.165, 1.54) is 6.07 Å². The highest BCUT2D eigenvalue weighted by atomic mass is 19.1. The Morgan fingerprint density at radius 3 is 2.43 bits per heavy atom. The lowest BCUT2D eigenvalue weighted by atomic mass is 10.2. The lowest BCUT2D eigenvalue weighted by Crippen LogP contribution is -2.09. The molecule has 2 aromatic carbocycles. The van der Waals surface area contributed by atoms with Crippen LogP contribution in [-0.2, 0) is 13.1 Å². The highest BCUT2D eigenvalue weighted by Gasteiger charge is 2.07. The first kappa shape index (κ1) is 19.4. The van der Waals surface area contributed by atoms with Gasteiger partial charge in [-0.2, -0.15) is 4.98 Å². The third-order valence-corrected chi connectivity index (χ3v) is 4.17. The van der Waals surface area contributed by atoms with Crippen LogP contribution in [0.15, 0.2) is 48.5 Å². The number of halogens is 1. The number of anilines is 2. The van der Waals surface area contributed by atoms with Gasteiger partial charge in [-0.25, -0.2) is 9.37 Å². The Hall–Kier alpha value is -3.35. The van der Waals surface area contributed by atoms with Gasteiger partial charge in [0, 0.05) is 30.4 Å². The van der Waals surface area contributed by atoms with Crippen molar-refractivity contribution in [3.05, 3.63) is 71.2 Å². The molecule has 1 aromatic heterocycles. The molecule has 146 valence electrons. The summed E-state index contributed by atoms with van der Waals surface area (Å²) in [5, 5.41) is 6.35. The molecule has 0 aliphatic heterocycles. The van der Waals surface area contributed by atoms with E-state index in [4.69, 9.17) is 9.47 Å². The second-order valence-electron chi connectivity index (χ2n) is 6.21. The van der Waals surface area contributed by atoms with Crippen LogP contribution in [0.2, 0.25) is 0 Å². The molecule has 0 aliphatic rings. The Kier molecular flexibility index (Phi) is 6.26. The van der Waals surface area contributed by atoms with Gasteiger partial charge < -0.3 is 20.1 Å². The molecule has 0 unspecified atom stereocenters. The highest BCUT2D eigenvalue weighted by Crippen LogP contribution is 2.27. The maximum absolute atomic E-state index is 13.8. The molecule has 0 saturated carbocycles. The molecule has 2 N–H and O–H groups in total. The molecule has 3 rings (SSSR count). The summed E-state index contributed by atoms with van der Waals surface area (Å²) in [7, 11) is 3.21. The van der Waals surface area contributed by atoms with Crippen molar-refractivity contribution in [2.24, 2.45) is 0 Å². The highest BCUT2D eigenvalue weighted by molar-refractivity contribution is 5.46. The molecule has 0 radical (unpaired) electrons. The Bertz CT molecular complexity index is 949. The minimum absolute atomic E-state index is 0.255. The van der Waals surface area contributed by atoms with Crippen LogP contribution in [0.3, 0.4) is 0 Å². The fraction of sp³-hybridized carbons (Fsp3) is 0.238. The van der Waals surface area contributed by atoms with Crippen LogP contribution < -0.4 is 20.1 Å². The van der Waals surface area contributed by atoms with Gasteiger partial charge in [0.05, 0.1) is 14.2 Å². The van der Waals surface area contributed by atoms with Crippen molar-refractivity contribution in [3.8, 4) is 11.5 Å². The summed E-state index contributed by atoms with van der Waals surface area (Å²) < 4.78 is 24.4. The third kappa shape index (κ3) is 4.88. The summed E-state index contributed by atoms with van der Waals surface area (Å²) in [5.74, 6) is 2.22. The molecular formula is C21H23FN4O2. The van der Waals surface area contributed by atoms with E-state index >= 15 is 0 Å². The van der Waals surface area contributed by atoms with Gasteiger partial charge in [-0.3, -0.25) is 0 Å². The third-order valence-electron chi connectivity index (χ3n) is 4.17. The van der Waals surface area contributed by atoms with Crippen molar-refractivity contribution in [1.82, 2.24) is 9.97 Å². The zero-order valence-corrected chi connectivity index (χ0v) is 16.1. The summed E-state index contributed by atoms with van der Waals surface area (Å²) in [5.41, 5.74) is 2.39. The lowest BCUT2D eigenvalue weighted by Gasteiger charge is -2.12. The van der Waals surface area contributed by atoms with Gasteiger partial charge in [0.15, 0.2) is 11.5 Å². The molecule has 0 bridgehead atoms. The lowest BCUT2D eigenvalue weighted by molar-refractivity contribution is 0.354. The Morgan fingerprint density at radius 2 is 1.68 bits per heavy atom. The number of nitrogens with zero attached hydrogens (tertiary/aromatic N) is 2. The molecule has 0 saturated heterocycles. The van der Waals surface area contributed by atoms with Crippen LogP contribution in [0.5, 0.6) is 11.5 Å². The average Bonchev–Trinajstić information content (AvgIpc) is 2.71. The van der Waals surface area contributed by atoms with Crippen LogP contribution in [-0.4, -0.2) is 24.2 Å². The van der Waals surface area contributed by atoms with Gasteiger partial charge in [0.25, 0.3) is 0 Å². The van der Waals surface area contributed by atoms with Crippen molar-refractivity contribution in [1.29, 1.82) is 0 Å². The van der Waals surface area contributed by atoms with Crippen molar-refractivity contribution in [2.45, 2.75) is 20.0 Å². The van der Waals surface area contributed by atoms with E-state index in [0.717, 1.165) is 11.3 Å². The van der Waals surface area contributed by atoms with E-state index in [-0.39, 0.29) is 5.82 Å². The number of methoxy groups -OCH3 is 2. The van der Waals surface area contributed by atoms with Crippen molar-refractivity contribution < 1.29 is 13.9 Å². The first-order valence-corrected chi connectivity index (χ1v) is 8.87. The monoisotopic (exact) mass is 382 g/mol. The topological polar surface area (TPSA) is 68.3 Å². The molecule has 0 atom stereocenters. The minimum atomic E-state index is -0.255. The number of ether oxygens (including phenoxy) is 2. The van der Waals surface area contributed by atoms with Crippen LogP contribution in [0.4, 0.5) is 16.2 Å². The van der Waals surface area contributed by atoms with Crippen LogP contribution in [0.1, 0.15) is 16.8 Å². The molecule has 0 fully saturated rings. The van der Waals surface area contributed by atoms with Gasteiger partial charge >= 0.3 is 0 Å². The molecule has 1 heterocycles. The molecule has 0 aliphatic carbocycles. The standard InChI is InChI=1S/C21H23FN4O2/c1-14-10-20(23-12-15-8-9-18(27-2)19(11-15)28-3)26-21(25-14)24-13-16-6-4-5-7-17(16)22/h4-11H,12-13H2,1-3H3,(H2,23,24,25,26). The number of benzene rings is 2. The second-order valence-corrected chi connectivity index (χ2v) is 6.21. The number of hydrogen-bond acceptors (Lipinski definition) is 6. The first-order valence-electron chi connectivity index (χ1n) is 8.87. The average molecular weight is 382 g/mol. The summed E-state index contributed by atoms with van der Waals surface area (Å²) >= 11 is 0. The van der Waals surface area contributed by atoms with Crippen LogP contribution >= 0.6 is 0 Å². The van der Waals surface area contributed by atoms with Crippen molar-refractivity contribution >= 4 is 11.8 Å². The van der Waals surface area contributed by atoms with Crippen LogP contribution in [0.25, 0.3) is 0 Å². The number of rotatable bonds is 8. The van der Waals surface area contributed by atoms with E-state index in [1.807, 2.05) is 31.2 Å². The maximum Gasteiger partial charge on any atom is 0.225 e. The number of nitrogens with one attached hydrogen (secondary N) is 2. The largest absolute Gasteiger partial charge is 0.493 e. The summed E-state index contributed by atoms with van der Waals surface area (Å²) in [6.07, 6.45) is 0. The fourth-order valence-electron chi connectivity index (χ4n) is 2.74. The fourth-order valence-corrected chi connectivity index (χ4v) is 2.74. The van der Waals surface area contributed by atoms with Crippen molar-refractivity contribution in [3.63, 3.8) is 0 Å². The molecule has 28 heavy (non-hydrogen) atoms. The quantitative estimate of drug-likeness (QED) is 0.610. The smallest absolute Gasteiger partial charge is 0.225 e. The van der Waals surface area contributed by atoms with Gasteiger partial charge in [-0.05, 0) is 30.7 Å². The molecule has 0 amide bonds. The first-order chi connectivity index (χ1) is 13.6. The van der Waals surface area contributed by atoms with E-state index in [2.05, 4.69) is 20.6 Å². The minimum Gasteiger partial charge on any atom is -0.493 e. The molecule has 3 aromatic rings. The second kappa shape index (κ2) is 9.03. The van der Waals surface area contributed by atoms with E-state index < -0.39 is 0 Å². The number of aryl methyl sites for hydroxylation is 1. The van der Waals surface area contributed by atoms with Gasteiger partial charge in [0.2, 0.25) is 5.95 Å². The maximum atomic E-state index is 13.8. The molecule has 6 nitrogen and oxygen atoms in total.